The van der Waals surface area contributed by atoms with E-state index in [1.54, 1.807) is 6.07 Å². The Morgan fingerprint density at radius 2 is 1.89 bits per heavy atom. The number of rotatable bonds is 3. The normalized spacial score (nSPS) is 12.2. The van der Waals surface area contributed by atoms with Crippen molar-refractivity contribution in [1.82, 2.24) is 0 Å². The van der Waals surface area contributed by atoms with Gasteiger partial charge in [-0.2, -0.15) is 0 Å². The lowest BCUT2D eigenvalue weighted by Gasteiger charge is -2.18. The minimum Gasteiger partial charge on any atom is -0.376 e. The van der Waals surface area contributed by atoms with Crippen molar-refractivity contribution in [2.24, 2.45) is 0 Å². The average Bonchev–Trinajstić information content (AvgIpc) is 2.33. The number of anilines is 1. The van der Waals surface area contributed by atoms with Crippen LogP contribution in [0.4, 0.5) is 10.1 Å². The van der Waals surface area contributed by atoms with Gasteiger partial charge in [0, 0.05) is 10.5 Å². The molecule has 0 aromatic heterocycles. The van der Waals surface area contributed by atoms with Gasteiger partial charge in [-0.15, -0.1) is 0 Å². The molecule has 3 heteroatoms. The molecule has 1 unspecified atom stereocenters. The molecule has 2 rings (SSSR count). The summed E-state index contributed by atoms with van der Waals surface area (Å²) in [6.45, 7) is 4.09. The Bertz CT molecular complexity index is 554. The molecule has 2 aromatic rings. The van der Waals surface area contributed by atoms with Crippen molar-refractivity contribution in [2.45, 2.75) is 19.9 Å². The number of hydrogen-bond acceptors (Lipinski definition) is 1. The largest absolute Gasteiger partial charge is 0.376 e. The van der Waals surface area contributed by atoms with Crippen molar-refractivity contribution in [3.05, 3.63) is 63.9 Å². The summed E-state index contributed by atoms with van der Waals surface area (Å²) < 4.78 is 14.5. The van der Waals surface area contributed by atoms with Gasteiger partial charge in [-0.1, -0.05) is 40.2 Å². The molecular formula is C15H15BrFN. The molecule has 0 bridgehead atoms. The van der Waals surface area contributed by atoms with Gasteiger partial charge in [0.25, 0.3) is 0 Å². The lowest BCUT2D eigenvalue weighted by atomic mass is 10.0. The fraction of sp³-hybridized carbons (Fsp3) is 0.200. The van der Waals surface area contributed by atoms with Crippen LogP contribution in [-0.4, -0.2) is 0 Å². The average molecular weight is 308 g/mol. The van der Waals surface area contributed by atoms with Gasteiger partial charge in [0.2, 0.25) is 0 Å². The maximum absolute atomic E-state index is 13.7. The van der Waals surface area contributed by atoms with Crippen LogP contribution in [0.2, 0.25) is 0 Å². The second-order valence-corrected chi connectivity index (χ2v) is 5.26. The summed E-state index contributed by atoms with van der Waals surface area (Å²) in [7, 11) is 0. The van der Waals surface area contributed by atoms with Crippen molar-refractivity contribution in [2.75, 3.05) is 5.32 Å². The molecule has 0 heterocycles. The molecule has 0 aliphatic carbocycles. The minimum atomic E-state index is -0.246. The van der Waals surface area contributed by atoms with E-state index in [9.17, 15) is 4.39 Å². The second kappa shape index (κ2) is 5.53. The molecule has 0 aliphatic heterocycles. The summed E-state index contributed by atoms with van der Waals surface area (Å²) in [6, 6.07) is 13.2. The summed E-state index contributed by atoms with van der Waals surface area (Å²) in [4.78, 5) is 0. The van der Waals surface area contributed by atoms with Crippen LogP contribution in [0, 0.1) is 12.7 Å². The van der Waals surface area contributed by atoms with Gasteiger partial charge >= 0.3 is 0 Å². The van der Waals surface area contributed by atoms with Crippen LogP contribution < -0.4 is 5.32 Å². The molecule has 0 amide bonds. The molecule has 1 nitrogen and oxygen atoms in total. The third-order valence-electron chi connectivity index (χ3n) is 2.96. The molecule has 0 radical (unpaired) electrons. The number of halogens is 2. The van der Waals surface area contributed by atoms with Crippen molar-refractivity contribution in [1.29, 1.82) is 0 Å². The van der Waals surface area contributed by atoms with E-state index in [0.29, 0.717) is 5.69 Å². The van der Waals surface area contributed by atoms with Gasteiger partial charge < -0.3 is 5.32 Å². The Labute approximate surface area is 115 Å². The van der Waals surface area contributed by atoms with E-state index >= 15 is 0 Å². The van der Waals surface area contributed by atoms with Gasteiger partial charge in [-0.25, -0.2) is 4.39 Å². The van der Waals surface area contributed by atoms with E-state index in [1.165, 1.54) is 17.2 Å². The van der Waals surface area contributed by atoms with E-state index in [1.807, 2.05) is 25.1 Å². The van der Waals surface area contributed by atoms with Gasteiger partial charge in [-0.05, 0) is 43.2 Å². The van der Waals surface area contributed by atoms with Gasteiger partial charge in [0.1, 0.15) is 5.82 Å². The monoisotopic (exact) mass is 307 g/mol. The topological polar surface area (TPSA) is 12.0 Å². The van der Waals surface area contributed by atoms with Crippen LogP contribution >= 0.6 is 15.9 Å². The SMILES string of the molecule is Cc1ccccc1C(C)Nc1ccc(Br)cc1F. The molecule has 0 saturated heterocycles. The Hall–Kier alpha value is -1.35. The van der Waals surface area contributed by atoms with Crippen LogP contribution in [0.1, 0.15) is 24.1 Å². The van der Waals surface area contributed by atoms with Gasteiger partial charge in [0.15, 0.2) is 0 Å². The number of hydrogen-bond donors (Lipinski definition) is 1. The van der Waals surface area contributed by atoms with E-state index in [4.69, 9.17) is 0 Å². The summed E-state index contributed by atoms with van der Waals surface area (Å²) in [5.41, 5.74) is 2.91. The molecule has 2 aromatic carbocycles. The van der Waals surface area contributed by atoms with Crippen molar-refractivity contribution in [3.63, 3.8) is 0 Å². The fourth-order valence-electron chi connectivity index (χ4n) is 1.99. The number of benzene rings is 2. The molecule has 18 heavy (non-hydrogen) atoms. The first kappa shape index (κ1) is 13.1. The molecule has 0 aliphatic rings. The van der Waals surface area contributed by atoms with Crippen molar-refractivity contribution in [3.8, 4) is 0 Å². The predicted octanol–water partition coefficient (Wildman–Crippen LogP) is 5.07. The van der Waals surface area contributed by atoms with E-state index < -0.39 is 0 Å². The number of aryl methyl sites for hydroxylation is 1. The zero-order valence-electron chi connectivity index (χ0n) is 10.4. The van der Waals surface area contributed by atoms with E-state index in [0.717, 1.165) is 4.47 Å². The first-order chi connectivity index (χ1) is 8.58. The Balaban J connectivity index is 2.21. The van der Waals surface area contributed by atoms with Crippen LogP contribution in [0.3, 0.4) is 0 Å². The molecule has 0 fully saturated rings. The molecule has 0 spiro atoms. The first-order valence-electron chi connectivity index (χ1n) is 5.85. The van der Waals surface area contributed by atoms with Crippen LogP contribution in [0.25, 0.3) is 0 Å². The van der Waals surface area contributed by atoms with Crippen molar-refractivity contribution >= 4 is 21.6 Å². The molecule has 1 atom stereocenters. The maximum Gasteiger partial charge on any atom is 0.147 e. The molecule has 94 valence electrons. The highest BCUT2D eigenvalue weighted by atomic mass is 79.9. The summed E-state index contributed by atoms with van der Waals surface area (Å²) in [5, 5.41) is 3.20. The molecular weight excluding hydrogens is 293 g/mol. The Morgan fingerprint density at radius 3 is 2.56 bits per heavy atom. The highest BCUT2D eigenvalue weighted by Gasteiger charge is 2.10. The van der Waals surface area contributed by atoms with E-state index in [-0.39, 0.29) is 11.9 Å². The number of nitrogens with one attached hydrogen (secondary N) is 1. The quantitative estimate of drug-likeness (QED) is 0.834. The summed E-state index contributed by atoms with van der Waals surface area (Å²) >= 11 is 3.25. The molecule has 1 N–H and O–H groups in total. The first-order valence-corrected chi connectivity index (χ1v) is 6.64. The zero-order chi connectivity index (χ0) is 13.1. The Kier molecular flexibility index (Phi) is 4.02. The molecule has 0 saturated carbocycles. The van der Waals surface area contributed by atoms with Crippen LogP contribution in [0.15, 0.2) is 46.9 Å². The van der Waals surface area contributed by atoms with Crippen molar-refractivity contribution < 1.29 is 4.39 Å². The summed E-state index contributed by atoms with van der Waals surface area (Å²) in [5.74, 6) is -0.246. The summed E-state index contributed by atoms with van der Waals surface area (Å²) in [6.07, 6.45) is 0. The lowest BCUT2D eigenvalue weighted by Crippen LogP contribution is -2.09. The smallest absolute Gasteiger partial charge is 0.147 e. The fourth-order valence-corrected chi connectivity index (χ4v) is 2.32. The third-order valence-corrected chi connectivity index (χ3v) is 3.45. The van der Waals surface area contributed by atoms with Gasteiger partial charge in [0.05, 0.1) is 5.69 Å². The van der Waals surface area contributed by atoms with Crippen LogP contribution in [-0.2, 0) is 0 Å². The highest BCUT2D eigenvalue weighted by Crippen LogP contribution is 2.25. The predicted molar refractivity (Wildman–Crippen MR) is 77.3 cm³/mol. The lowest BCUT2D eigenvalue weighted by molar-refractivity contribution is 0.626. The zero-order valence-corrected chi connectivity index (χ0v) is 12.0. The third kappa shape index (κ3) is 2.91. The highest BCUT2D eigenvalue weighted by molar-refractivity contribution is 9.10. The minimum absolute atomic E-state index is 0.0712. The second-order valence-electron chi connectivity index (χ2n) is 4.35. The van der Waals surface area contributed by atoms with Gasteiger partial charge in [-0.3, -0.25) is 0 Å². The maximum atomic E-state index is 13.7. The standard InChI is InChI=1S/C15H15BrFN/c1-10-5-3-4-6-13(10)11(2)18-15-8-7-12(16)9-14(15)17/h3-9,11,18H,1-2H3. The van der Waals surface area contributed by atoms with E-state index in [2.05, 4.69) is 40.3 Å². The Morgan fingerprint density at radius 1 is 1.17 bits per heavy atom. The van der Waals surface area contributed by atoms with Crippen LogP contribution in [0.5, 0.6) is 0 Å².